The molecular weight excluding hydrogens is 344 g/mol. The Labute approximate surface area is 138 Å². The van der Waals surface area contributed by atoms with Crippen LogP contribution in [0.25, 0.3) is 0 Å². The van der Waals surface area contributed by atoms with Gasteiger partial charge in [0.2, 0.25) is 5.25 Å². The normalized spacial score (nSPS) is 19.3. The molecular formula is C13H15ClN4O4S. The van der Waals surface area contributed by atoms with Crippen molar-refractivity contribution in [3.63, 3.8) is 0 Å². The van der Waals surface area contributed by atoms with Crippen LogP contribution in [0.5, 0.6) is 0 Å². The lowest BCUT2D eigenvalue weighted by molar-refractivity contribution is -0.126. The van der Waals surface area contributed by atoms with Crippen LogP contribution in [-0.2, 0) is 14.8 Å². The second kappa shape index (κ2) is 5.82. The van der Waals surface area contributed by atoms with Crippen molar-refractivity contribution < 1.29 is 18.0 Å². The summed E-state index contributed by atoms with van der Waals surface area (Å²) in [7, 11) is -1.87. The number of nitrogens with zero attached hydrogens (tertiary/aromatic N) is 2. The van der Waals surface area contributed by atoms with Crippen LogP contribution in [0.3, 0.4) is 0 Å². The van der Waals surface area contributed by atoms with Crippen LogP contribution < -0.4 is 4.72 Å². The molecule has 1 heterocycles. The Morgan fingerprint density at radius 2 is 1.83 bits per heavy atom. The van der Waals surface area contributed by atoms with Gasteiger partial charge in [0.05, 0.1) is 5.69 Å². The Balaban J connectivity index is 2.38. The minimum Gasteiger partial charge on any atom is -0.286 e. The summed E-state index contributed by atoms with van der Waals surface area (Å²) in [6, 6.07) is 3.76. The summed E-state index contributed by atoms with van der Waals surface area (Å²) < 4.78 is 27.2. The molecule has 1 aliphatic rings. The van der Waals surface area contributed by atoms with Crippen LogP contribution in [0, 0.1) is 12.3 Å². The van der Waals surface area contributed by atoms with Crippen LogP contribution in [0.2, 0.25) is 5.02 Å². The Kier molecular flexibility index (Phi) is 4.36. The van der Waals surface area contributed by atoms with Gasteiger partial charge in [-0.15, -0.1) is 0 Å². The molecule has 1 aromatic rings. The summed E-state index contributed by atoms with van der Waals surface area (Å²) in [5.74, 6) is -1.59. The van der Waals surface area contributed by atoms with E-state index in [-0.39, 0.29) is 5.69 Å². The number of carbonyl (C=O) groups excluding carboxylic acids is 2. The minimum absolute atomic E-state index is 0.170. The molecule has 1 saturated heterocycles. The summed E-state index contributed by atoms with van der Waals surface area (Å²) in [6.07, 6.45) is 0. The highest BCUT2D eigenvalue weighted by Gasteiger charge is 2.47. The molecule has 2 rings (SSSR count). The summed E-state index contributed by atoms with van der Waals surface area (Å²) in [6.45, 7) is 1.76. The molecule has 0 bridgehead atoms. The second-order valence-electron chi connectivity index (χ2n) is 5.12. The number of imide groups is 1. The van der Waals surface area contributed by atoms with E-state index in [1.54, 1.807) is 13.0 Å². The molecule has 1 fully saturated rings. The van der Waals surface area contributed by atoms with Gasteiger partial charge in [0.1, 0.15) is 5.84 Å². The maximum atomic E-state index is 12.5. The van der Waals surface area contributed by atoms with Crippen LogP contribution >= 0.6 is 11.6 Å². The van der Waals surface area contributed by atoms with Crippen LogP contribution in [0.4, 0.5) is 10.5 Å². The number of benzene rings is 1. The Morgan fingerprint density at radius 1 is 1.22 bits per heavy atom. The molecule has 1 unspecified atom stereocenters. The van der Waals surface area contributed by atoms with Crippen molar-refractivity contribution >= 4 is 45.1 Å². The number of hydrogen-bond acceptors (Lipinski definition) is 5. The fraction of sp³-hybridized carbons (Fsp3) is 0.308. The fourth-order valence-electron chi connectivity index (χ4n) is 2.05. The van der Waals surface area contributed by atoms with Crippen LogP contribution in [0.15, 0.2) is 18.2 Å². The first-order valence-electron chi connectivity index (χ1n) is 6.47. The van der Waals surface area contributed by atoms with Crippen molar-refractivity contribution in [2.75, 3.05) is 18.8 Å². The van der Waals surface area contributed by atoms with Crippen molar-refractivity contribution in [1.82, 2.24) is 9.80 Å². The van der Waals surface area contributed by atoms with Crippen LogP contribution in [0.1, 0.15) is 5.56 Å². The van der Waals surface area contributed by atoms with Crippen molar-refractivity contribution in [3.8, 4) is 0 Å². The third-order valence-corrected chi connectivity index (χ3v) is 5.45. The van der Waals surface area contributed by atoms with Gasteiger partial charge < -0.3 is 0 Å². The lowest BCUT2D eigenvalue weighted by Gasteiger charge is -2.34. The number of carbonyl (C=O) groups is 2. The number of amides is 3. The zero-order valence-corrected chi connectivity index (χ0v) is 14.2. The van der Waals surface area contributed by atoms with E-state index in [0.29, 0.717) is 9.92 Å². The maximum absolute atomic E-state index is 12.5. The topological polar surface area (TPSA) is 111 Å². The predicted octanol–water partition coefficient (Wildman–Crippen LogP) is 1.26. The van der Waals surface area contributed by atoms with Gasteiger partial charge in [-0.2, -0.15) is 0 Å². The lowest BCUT2D eigenvalue weighted by Crippen LogP contribution is -2.62. The lowest BCUT2D eigenvalue weighted by atomic mass is 10.2. The predicted molar refractivity (Wildman–Crippen MR) is 86.2 cm³/mol. The Morgan fingerprint density at radius 3 is 2.39 bits per heavy atom. The largest absolute Gasteiger partial charge is 0.331 e. The Hall–Kier alpha value is -2.13. The fourth-order valence-corrected chi connectivity index (χ4v) is 3.68. The van der Waals surface area contributed by atoms with E-state index in [1.165, 1.54) is 26.2 Å². The molecule has 124 valence electrons. The monoisotopic (exact) mass is 358 g/mol. The highest BCUT2D eigenvalue weighted by Crippen LogP contribution is 2.23. The standard InChI is InChI=1S/C13H15ClN4O4S/c1-7-4-5-8(6-9(7)14)16-23(21,22)10-11(15)17(2)13(20)18(3)12(10)19/h4-6,10,15-16H,1-3H3. The number of halogens is 1. The molecule has 1 atom stereocenters. The van der Waals surface area contributed by atoms with Gasteiger partial charge in [0.15, 0.2) is 0 Å². The van der Waals surface area contributed by atoms with Gasteiger partial charge in [-0.05, 0) is 24.6 Å². The molecule has 1 aliphatic heterocycles. The van der Waals surface area contributed by atoms with Crippen molar-refractivity contribution in [2.24, 2.45) is 0 Å². The van der Waals surface area contributed by atoms with Gasteiger partial charge in [-0.3, -0.25) is 24.7 Å². The van der Waals surface area contributed by atoms with E-state index >= 15 is 0 Å². The third-order valence-electron chi connectivity index (χ3n) is 3.48. The number of aryl methyl sites for hydroxylation is 1. The highest BCUT2D eigenvalue weighted by atomic mass is 35.5. The molecule has 0 saturated carbocycles. The van der Waals surface area contributed by atoms with E-state index < -0.39 is 33.0 Å². The summed E-state index contributed by atoms with van der Waals surface area (Å²) in [4.78, 5) is 25.3. The molecule has 0 radical (unpaired) electrons. The molecule has 10 heteroatoms. The SMILES string of the molecule is Cc1ccc(NS(=O)(=O)C2C(=N)N(C)C(=O)N(C)C2=O)cc1Cl. The number of sulfonamides is 1. The zero-order valence-electron chi connectivity index (χ0n) is 12.6. The van der Waals surface area contributed by atoms with Gasteiger partial charge in [0, 0.05) is 19.1 Å². The quantitative estimate of drug-likeness (QED) is 0.847. The number of urea groups is 1. The first-order valence-corrected chi connectivity index (χ1v) is 8.40. The molecule has 0 aliphatic carbocycles. The number of amidine groups is 1. The van der Waals surface area contributed by atoms with Gasteiger partial charge >= 0.3 is 6.03 Å². The van der Waals surface area contributed by atoms with Crippen molar-refractivity contribution in [3.05, 3.63) is 28.8 Å². The van der Waals surface area contributed by atoms with Gasteiger partial charge in [-0.25, -0.2) is 13.2 Å². The van der Waals surface area contributed by atoms with E-state index in [0.717, 1.165) is 10.5 Å². The van der Waals surface area contributed by atoms with Gasteiger partial charge in [-0.1, -0.05) is 17.7 Å². The molecule has 1 aromatic carbocycles. The summed E-state index contributed by atoms with van der Waals surface area (Å²) >= 11 is 5.95. The molecule has 2 N–H and O–H groups in total. The van der Waals surface area contributed by atoms with E-state index in [1.807, 2.05) is 0 Å². The average Bonchev–Trinajstić information content (AvgIpc) is 2.46. The molecule has 0 spiro atoms. The summed E-state index contributed by atoms with van der Waals surface area (Å²) in [5.41, 5.74) is 0.935. The van der Waals surface area contributed by atoms with Gasteiger partial charge in [0.25, 0.3) is 15.9 Å². The first kappa shape index (κ1) is 17.2. The van der Waals surface area contributed by atoms with E-state index in [2.05, 4.69) is 4.72 Å². The molecule has 3 amide bonds. The highest BCUT2D eigenvalue weighted by molar-refractivity contribution is 7.94. The maximum Gasteiger partial charge on any atom is 0.331 e. The number of hydrogen-bond donors (Lipinski definition) is 2. The molecule has 23 heavy (non-hydrogen) atoms. The second-order valence-corrected chi connectivity index (χ2v) is 7.29. The third kappa shape index (κ3) is 3.02. The van der Waals surface area contributed by atoms with E-state index in [9.17, 15) is 18.0 Å². The van der Waals surface area contributed by atoms with Crippen molar-refractivity contribution in [1.29, 1.82) is 5.41 Å². The first-order chi connectivity index (χ1) is 10.6. The smallest absolute Gasteiger partial charge is 0.286 e. The number of nitrogens with one attached hydrogen (secondary N) is 2. The summed E-state index contributed by atoms with van der Waals surface area (Å²) in [5, 5.41) is 6.36. The van der Waals surface area contributed by atoms with E-state index in [4.69, 9.17) is 17.0 Å². The van der Waals surface area contributed by atoms with Crippen LogP contribution in [-0.4, -0.2) is 55.3 Å². The Bertz CT molecular complexity index is 784. The minimum atomic E-state index is -4.27. The van der Waals surface area contributed by atoms with Crippen molar-refractivity contribution in [2.45, 2.75) is 12.2 Å². The number of rotatable bonds is 3. The molecule has 0 aromatic heterocycles. The molecule has 8 nitrogen and oxygen atoms in total. The number of anilines is 1. The average molecular weight is 359 g/mol. The zero-order chi connectivity index (χ0) is 17.5.